The van der Waals surface area contributed by atoms with E-state index in [9.17, 15) is 4.79 Å². The fraction of sp³-hybridized carbons (Fsp3) is 0.273. The summed E-state index contributed by atoms with van der Waals surface area (Å²) in [6.45, 7) is 0. The van der Waals surface area contributed by atoms with Crippen molar-refractivity contribution in [3.8, 4) is 11.5 Å². The van der Waals surface area contributed by atoms with Crippen molar-refractivity contribution in [1.29, 1.82) is 0 Å². The van der Waals surface area contributed by atoms with Gasteiger partial charge in [0.15, 0.2) is 0 Å². The van der Waals surface area contributed by atoms with Crippen molar-refractivity contribution in [3.05, 3.63) is 23.8 Å². The van der Waals surface area contributed by atoms with Gasteiger partial charge in [-0.1, -0.05) is 0 Å². The molecule has 1 aromatic rings. The van der Waals surface area contributed by atoms with Gasteiger partial charge in [0.2, 0.25) is 0 Å². The molecule has 2 rings (SSSR count). The highest BCUT2D eigenvalue weighted by atomic mass is 16.5. The van der Waals surface area contributed by atoms with Gasteiger partial charge in [-0.25, -0.2) is 4.79 Å². The zero-order valence-corrected chi connectivity index (χ0v) is 9.56. The number of amidine groups is 1. The maximum absolute atomic E-state index is 11.1. The minimum atomic E-state index is -0.441. The number of hydrogen-bond donors (Lipinski definition) is 2. The molecule has 2 amide bonds. The van der Waals surface area contributed by atoms with Crippen molar-refractivity contribution in [3.63, 3.8) is 0 Å². The van der Waals surface area contributed by atoms with Gasteiger partial charge in [-0.15, -0.1) is 0 Å². The standard InChI is InChI=1S/C11H13N3O3/c1-16-6-3-4-7(8(5-6)17-2)9-10(12)14-11(15)13-9/h3-5,9H,1-2H3,(H3,12,13,14,15). The van der Waals surface area contributed by atoms with Gasteiger partial charge in [-0.2, -0.15) is 4.99 Å². The summed E-state index contributed by atoms with van der Waals surface area (Å²) in [6.07, 6.45) is 0. The van der Waals surface area contributed by atoms with Gasteiger partial charge in [-0.3, -0.25) is 0 Å². The molecular weight excluding hydrogens is 222 g/mol. The Morgan fingerprint density at radius 2 is 2.12 bits per heavy atom. The molecule has 1 unspecified atom stereocenters. The molecule has 1 aliphatic rings. The normalized spacial score (nSPS) is 18.6. The van der Waals surface area contributed by atoms with Crippen LogP contribution in [0.3, 0.4) is 0 Å². The molecule has 0 aromatic heterocycles. The molecule has 1 heterocycles. The molecule has 0 bridgehead atoms. The van der Waals surface area contributed by atoms with Crippen LogP contribution >= 0.6 is 0 Å². The first-order chi connectivity index (χ1) is 8.15. The van der Waals surface area contributed by atoms with E-state index in [-0.39, 0.29) is 5.84 Å². The topological polar surface area (TPSA) is 85.9 Å². The van der Waals surface area contributed by atoms with E-state index in [4.69, 9.17) is 15.2 Å². The van der Waals surface area contributed by atoms with Gasteiger partial charge in [0.25, 0.3) is 0 Å². The van der Waals surface area contributed by atoms with Crippen LogP contribution in [0.15, 0.2) is 23.2 Å². The molecule has 1 atom stereocenters. The highest BCUT2D eigenvalue weighted by Gasteiger charge is 2.27. The van der Waals surface area contributed by atoms with Crippen molar-refractivity contribution in [2.75, 3.05) is 14.2 Å². The minimum absolute atomic E-state index is 0.235. The molecule has 0 radical (unpaired) electrons. The third-order valence-electron chi connectivity index (χ3n) is 2.55. The van der Waals surface area contributed by atoms with Gasteiger partial charge >= 0.3 is 6.03 Å². The number of ether oxygens (including phenoxy) is 2. The number of methoxy groups -OCH3 is 2. The average molecular weight is 235 g/mol. The predicted molar refractivity (Wildman–Crippen MR) is 62.4 cm³/mol. The van der Waals surface area contributed by atoms with E-state index in [0.717, 1.165) is 5.56 Å². The fourth-order valence-electron chi connectivity index (χ4n) is 1.71. The minimum Gasteiger partial charge on any atom is -0.497 e. The van der Waals surface area contributed by atoms with Crippen LogP contribution in [0, 0.1) is 0 Å². The monoisotopic (exact) mass is 235 g/mol. The predicted octanol–water partition coefficient (Wildman–Crippen LogP) is 0.825. The van der Waals surface area contributed by atoms with Crippen LogP contribution in [0.1, 0.15) is 11.6 Å². The first-order valence-corrected chi connectivity index (χ1v) is 5.02. The summed E-state index contributed by atoms with van der Waals surface area (Å²) in [6, 6.07) is 4.41. The Morgan fingerprint density at radius 1 is 1.35 bits per heavy atom. The summed E-state index contributed by atoms with van der Waals surface area (Å²) in [5.41, 5.74) is 6.43. The van der Waals surface area contributed by atoms with Crippen LogP contribution < -0.4 is 20.5 Å². The van der Waals surface area contributed by atoms with Gasteiger partial charge in [0.1, 0.15) is 23.4 Å². The molecule has 0 aliphatic carbocycles. The number of benzene rings is 1. The molecule has 0 saturated heterocycles. The highest BCUT2D eigenvalue weighted by molar-refractivity contribution is 6.03. The Morgan fingerprint density at radius 3 is 2.65 bits per heavy atom. The molecule has 0 fully saturated rings. The number of carbonyl (C=O) groups is 1. The van der Waals surface area contributed by atoms with Crippen molar-refractivity contribution >= 4 is 11.9 Å². The Hall–Kier alpha value is -2.24. The van der Waals surface area contributed by atoms with Crippen LogP contribution in [-0.4, -0.2) is 26.1 Å². The van der Waals surface area contributed by atoms with Crippen molar-refractivity contribution < 1.29 is 14.3 Å². The summed E-state index contributed by atoms with van der Waals surface area (Å²) in [5.74, 6) is 1.50. The van der Waals surface area contributed by atoms with Crippen LogP contribution in [-0.2, 0) is 0 Å². The molecule has 1 aliphatic heterocycles. The SMILES string of the molecule is COc1ccc(C2NC(=O)N=C2N)c(OC)c1. The maximum atomic E-state index is 11.1. The highest BCUT2D eigenvalue weighted by Crippen LogP contribution is 2.30. The van der Waals surface area contributed by atoms with Crippen molar-refractivity contribution in [2.45, 2.75) is 6.04 Å². The van der Waals surface area contributed by atoms with E-state index in [1.54, 1.807) is 32.4 Å². The van der Waals surface area contributed by atoms with E-state index in [2.05, 4.69) is 10.3 Å². The number of amides is 2. The lowest BCUT2D eigenvalue weighted by molar-refractivity contribution is 0.250. The number of nitrogens with two attached hydrogens (primary N) is 1. The lowest BCUT2D eigenvalue weighted by Gasteiger charge is -2.15. The van der Waals surface area contributed by atoms with E-state index >= 15 is 0 Å². The van der Waals surface area contributed by atoms with Crippen LogP contribution in [0.25, 0.3) is 0 Å². The van der Waals surface area contributed by atoms with Gasteiger partial charge < -0.3 is 20.5 Å². The fourth-order valence-corrected chi connectivity index (χ4v) is 1.71. The smallest absolute Gasteiger partial charge is 0.343 e. The average Bonchev–Trinajstić information content (AvgIpc) is 2.67. The van der Waals surface area contributed by atoms with Gasteiger partial charge in [0.05, 0.1) is 14.2 Å². The van der Waals surface area contributed by atoms with Crippen molar-refractivity contribution in [1.82, 2.24) is 5.32 Å². The third kappa shape index (κ3) is 2.01. The Kier molecular flexibility index (Phi) is 2.86. The molecule has 6 nitrogen and oxygen atoms in total. The number of carbonyl (C=O) groups excluding carboxylic acids is 1. The van der Waals surface area contributed by atoms with Gasteiger partial charge in [-0.05, 0) is 12.1 Å². The van der Waals surface area contributed by atoms with Crippen molar-refractivity contribution in [2.24, 2.45) is 10.7 Å². The maximum Gasteiger partial charge on any atom is 0.343 e. The van der Waals surface area contributed by atoms with E-state index < -0.39 is 12.1 Å². The van der Waals surface area contributed by atoms with E-state index in [0.29, 0.717) is 11.5 Å². The lowest BCUT2D eigenvalue weighted by atomic mass is 10.1. The second-order valence-corrected chi connectivity index (χ2v) is 3.53. The summed E-state index contributed by atoms with van der Waals surface area (Å²) in [4.78, 5) is 14.7. The molecule has 90 valence electrons. The van der Waals surface area contributed by atoms with Gasteiger partial charge in [0, 0.05) is 11.6 Å². The molecular formula is C11H13N3O3. The first-order valence-electron chi connectivity index (χ1n) is 5.02. The van der Waals surface area contributed by atoms with Crippen LogP contribution in [0.4, 0.5) is 4.79 Å². The number of rotatable bonds is 3. The van der Waals surface area contributed by atoms with Crippen LogP contribution in [0.5, 0.6) is 11.5 Å². The van der Waals surface area contributed by atoms with E-state index in [1.807, 2.05) is 0 Å². The molecule has 0 spiro atoms. The quantitative estimate of drug-likeness (QED) is 0.812. The summed E-state index contributed by atoms with van der Waals surface area (Å²) in [5, 5.41) is 2.64. The zero-order valence-electron chi connectivity index (χ0n) is 9.56. The number of hydrogen-bond acceptors (Lipinski definition) is 4. The number of aliphatic imine (C=N–C) groups is 1. The summed E-state index contributed by atoms with van der Waals surface area (Å²) < 4.78 is 10.3. The third-order valence-corrected chi connectivity index (χ3v) is 2.55. The summed E-state index contributed by atoms with van der Waals surface area (Å²) in [7, 11) is 3.12. The molecule has 0 saturated carbocycles. The second-order valence-electron chi connectivity index (χ2n) is 3.53. The second kappa shape index (κ2) is 4.32. The van der Waals surface area contributed by atoms with E-state index in [1.165, 1.54) is 0 Å². The lowest BCUT2D eigenvalue weighted by Crippen LogP contribution is -2.28. The molecule has 3 N–H and O–H groups in total. The number of nitrogens with zero attached hydrogens (tertiary/aromatic N) is 1. The number of nitrogens with one attached hydrogen (secondary N) is 1. The Bertz CT molecular complexity index is 485. The largest absolute Gasteiger partial charge is 0.497 e. The Balaban J connectivity index is 2.39. The first kappa shape index (κ1) is 11.3. The zero-order chi connectivity index (χ0) is 12.4. The molecule has 1 aromatic carbocycles. The molecule has 6 heteroatoms. The molecule has 17 heavy (non-hydrogen) atoms. The Labute approximate surface area is 98.4 Å². The van der Waals surface area contributed by atoms with Crippen LogP contribution in [0.2, 0.25) is 0 Å². The number of urea groups is 1. The summed E-state index contributed by atoms with van der Waals surface area (Å²) >= 11 is 0.